The predicted octanol–water partition coefficient (Wildman–Crippen LogP) is 3.62. The zero-order valence-corrected chi connectivity index (χ0v) is 13.0. The minimum absolute atomic E-state index is 0.158. The van der Waals surface area contributed by atoms with Gasteiger partial charge in [0.2, 0.25) is 5.89 Å². The number of ketones is 1. The highest BCUT2D eigenvalue weighted by Gasteiger charge is 2.53. The van der Waals surface area contributed by atoms with E-state index in [1.165, 1.54) is 38.5 Å². The van der Waals surface area contributed by atoms with Crippen molar-refractivity contribution in [3.05, 3.63) is 11.7 Å². The van der Waals surface area contributed by atoms with Gasteiger partial charge in [0.25, 0.3) is 0 Å². The van der Waals surface area contributed by atoms with E-state index in [-0.39, 0.29) is 17.1 Å². The van der Waals surface area contributed by atoms with Gasteiger partial charge in [0, 0.05) is 11.8 Å². The van der Waals surface area contributed by atoms with Gasteiger partial charge in [0.1, 0.15) is 5.78 Å². The molecule has 0 aromatic carbocycles. The van der Waals surface area contributed by atoms with Crippen molar-refractivity contribution in [3.63, 3.8) is 0 Å². The molecule has 114 valence electrons. The van der Waals surface area contributed by atoms with Gasteiger partial charge in [-0.3, -0.25) is 4.79 Å². The smallest absolute Gasteiger partial charge is 0.236 e. The molecule has 4 heteroatoms. The fraction of sp³-hybridized carbons (Fsp3) is 0.824. The van der Waals surface area contributed by atoms with Crippen LogP contribution in [0.5, 0.6) is 0 Å². The number of rotatable bonds is 4. The first-order chi connectivity index (χ1) is 10.1. The van der Waals surface area contributed by atoms with Gasteiger partial charge >= 0.3 is 0 Å². The molecule has 4 fully saturated rings. The van der Waals surface area contributed by atoms with Gasteiger partial charge in [0.05, 0.1) is 5.92 Å². The molecular weight excluding hydrogens is 264 g/mol. The molecule has 21 heavy (non-hydrogen) atoms. The second-order valence-corrected chi connectivity index (χ2v) is 7.70. The summed E-state index contributed by atoms with van der Waals surface area (Å²) in [6, 6.07) is 0. The molecular formula is C17H24N2O2. The highest BCUT2D eigenvalue weighted by atomic mass is 16.5. The summed E-state index contributed by atoms with van der Waals surface area (Å²) in [7, 11) is 0. The van der Waals surface area contributed by atoms with Crippen LogP contribution in [0.15, 0.2) is 4.52 Å². The first-order valence-electron chi connectivity index (χ1n) is 8.46. The number of Topliss-reactive ketones (excluding diaryl/α,β-unsaturated/α-hetero) is 1. The number of hydrogen-bond acceptors (Lipinski definition) is 4. The Morgan fingerprint density at radius 3 is 2.33 bits per heavy atom. The summed E-state index contributed by atoms with van der Waals surface area (Å²) >= 11 is 0. The van der Waals surface area contributed by atoms with Gasteiger partial charge < -0.3 is 4.52 Å². The number of nitrogens with zero attached hydrogens (tertiary/aromatic N) is 2. The minimum Gasteiger partial charge on any atom is -0.339 e. The number of carbonyl (C=O) groups excluding carboxylic acids is 1. The third-order valence-corrected chi connectivity index (χ3v) is 6.16. The maximum atomic E-state index is 11.8. The van der Waals surface area contributed by atoms with Crippen molar-refractivity contribution in [2.45, 2.75) is 70.1 Å². The largest absolute Gasteiger partial charge is 0.339 e. The summed E-state index contributed by atoms with van der Waals surface area (Å²) < 4.78 is 5.46. The Hall–Kier alpha value is -1.19. The van der Waals surface area contributed by atoms with Gasteiger partial charge in [-0.05, 0) is 63.2 Å². The third-order valence-electron chi connectivity index (χ3n) is 6.16. The minimum atomic E-state index is -0.259. The summed E-state index contributed by atoms with van der Waals surface area (Å²) in [5.41, 5.74) is 0.158. The van der Waals surface area contributed by atoms with Crippen molar-refractivity contribution in [3.8, 4) is 0 Å². The summed E-state index contributed by atoms with van der Waals surface area (Å²) in [5, 5.41) is 4.31. The maximum absolute atomic E-state index is 11.8. The Morgan fingerprint density at radius 2 is 1.81 bits per heavy atom. The zero-order valence-electron chi connectivity index (χ0n) is 13.0. The summed E-state index contributed by atoms with van der Waals surface area (Å²) in [5.74, 6) is 3.94. The predicted molar refractivity (Wildman–Crippen MR) is 77.9 cm³/mol. The van der Waals surface area contributed by atoms with Crippen molar-refractivity contribution in [2.75, 3.05) is 0 Å². The van der Waals surface area contributed by atoms with Crippen LogP contribution in [0.4, 0.5) is 0 Å². The molecule has 0 spiro atoms. The highest BCUT2D eigenvalue weighted by molar-refractivity contribution is 5.83. The zero-order chi connectivity index (χ0) is 14.6. The van der Waals surface area contributed by atoms with Gasteiger partial charge in [-0.2, -0.15) is 4.98 Å². The standard InChI is InChI=1S/C17H24N2O2/c1-3-14(20)10(2)15-18-16(19-21-15)17-7-11-4-12(8-17)6-13(5-11)9-17/h10-13H,3-9H2,1-2H3. The summed E-state index contributed by atoms with van der Waals surface area (Å²) in [6.07, 6.45) is 8.45. The van der Waals surface area contributed by atoms with Crippen molar-refractivity contribution < 1.29 is 9.32 Å². The lowest BCUT2D eigenvalue weighted by Gasteiger charge is -2.55. The molecule has 0 N–H and O–H groups in total. The second-order valence-electron chi connectivity index (χ2n) is 7.70. The van der Waals surface area contributed by atoms with E-state index in [0.717, 1.165) is 23.6 Å². The monoisotopic (exact) mass is 288 g/mol. The van der Waals surface area contributed by atoms with Crippen molar-refractivity contribution in [1.82, 2.24) is 10.1 Å². The topological polar surface area (TPSA) is 56.0 Å². The van der Waals surface area contributed by atoms with Crippen LogP contribution in [0.25, 0.3) is 0 Å². The molecule has 1 unspecified atom stereocenters. The van der Waals surface area contributed by atoms with Crippen molar-refractivity contribution >= 4 is 5.78 Å². The summed E-state index contributed by atoms with van der Waals surface area (Å²) in [6.45, 7) is 3.76. The van der Waals surface area contributed by atoms with E-state index in [9.17, 15) is 4.79 Å². The lowest BCUT2D eigenvalue weighted by atomic mass is 9.49. The highest BCUT2D eigenvalue weighted by Crippen LogP contribution is 2.60. The van der Waals surface area contributed by atoms with Gasteiger partial charge in [-0.25, -0.2) is 0 Å². The molecule has 1 atom stereocenters. The number of aromatic nitrogens is 2. The Balaban J connectivity index is 1.62. The van der Waals surface area contributed by atoms with E-state index in [1.54, 1.807) is 0 Å². The average Bonchev–Trinajstić information content (AvgIpc) is 2.94. The Morgan fingerprint density at radius 1 is 1.24 bits per heavy atom. The van der Waals surface area contributed by atoms with Crippen LogP contribution in [0.2, 0.25) is 0 Å². The van der Waals surface area contributed by atoms with Gasteiger partial charge in [-0.15, -0.1) is 0 Å². The van der Waals surface area contributed by atoms with Crippen LogP contribution in [0, 0.1) is 17.8 Å². The lowest BCUT2D eigenvalue weighted by Crippen LogP contribution is -2.49. The Bertz CT molecular complexity index is 528. The molecule has 1 aromatic heterocycles. The molecule has 0 radical (unpaired) electrons. The van der Waals surface area contributed by atoms with Crippen LogP contribution >= 0.6 is 0 Å². The van der Waals surface area contributed by atoms with E-state index in [4.69, 9.17) is 4.52 Å². The van der Waals surface area contributed by atoms with E-state index >= 15 is 0 Å². The fourth-order valence-corrected chi connectivity index (χ4v) is 5.45. The Labute approximate surface area is 125 Å². The molecule has 4 bridgehead atoms. The van der Waals surface area contributed by atoms with E-state index in [0.29, 0.717) is 12.3 Å². The van der Waals surface area contributed by atoms with Crippen LogP contribution < -0.4 is 0 Å². The van der Waals surface area contributed by atoms with E-state index < -0.39 is 0 Å². The van der Waals surface area contributed by atoms with Crippen LogP contribution in [0.3, 0.4) is 0 Å². The quantitative estimate of drug-likeness (QED) is 0.849. The normalized spacial score (nSPS) is 38.7. The van der Waals surface area contributed by atoms with Gasteiger partial charge in [0.15, 0.2) is 5.82 Å². The molecule has 4 aliphatic rings. The molecule has 4 saturated carbocycles. The fourth-order valence-electron chi connectivity index (χ4n) is 5.45. The molecule has 1 aromatic rings. The molecule has 5 rings (SSSR count). The SMILES string of the molecule is CCC(=O)C(C)c1nc(C23CC4CC(CC(C4)C2)C3)no1. The summed E-state index contributed by atoms with van der Waals surface area (Å²) in [4.78, 5) is 16.5. The van der Waals surface area contributed by atoms with E-state index in [1.807, 2.05) is 13.8 Å². The van der Waals surface area contributed by atoms with Gasteiger partial charge in [-0.1, -0.05) is 12.1 Å². The Kier molecular flexibility index (Phi) is 2.98. The number of hydrogen-bond donors (Lipinski definition) is 0. The van der Waals surface area contributed by atoms with Crippen LogP contribution in [0.1, 0.15) is 76.4 Å². The lowest BCUT2D eigenvalue weighted by molar-refractivity contribution is -0.120. The average molecular weight is 288 g/mol. The van der Waals surface area contributed by atoms with Crippen LogP contribution in [-0.2, 0) is 10.2 Å². The second kappa shape index (κ2) is 4.65. The number of carbonyl (C=O) groups is 1. The molecule has 4 nitrogen and oxygen atoms in total. The molecule has 0 saturated heterocycles. The van der Waals surface area contributed by atoms with Crippen molar-refractivity contribution in [2.24, 2.45) is 17.8 Å². The molecule has 4 aliphatic carbocycles. The maximum Gasteiger partial charge on any atom is 0.236 e. The van der Waals surface area contributed by atoms with Crippen molar-refractivity contribution in [1.29, 1.82) is 0 Å². The third kappa shape index (κ3) is 2.06. The molecule has 0 aliphatic heterocycles. The molecule has 0 amide bonds. The van der Waals surface area contributed by atoms with E-state index in [2.05, 4.69) is 10.1 Å². The van der Waals surface area contributed by atoms with Crippen LogP contribution in [-0.4, -0.2) is 15.9 Å². The molecule has 1 heterocycles. The first-order valence-corrected chi connectivity index (χ1v) is 8.46. The first kappa shape index (κ1) is 13.5.